The fourth-order valence-electron chi connectivity index (χ4n) is 3.10. The third kappa shape index (κ3) is 6.60. The Hall–Kier alpha value is -1.97. The van der Waals surface area contributed by atoms with Gasteiger partial charge < -0.3 is 14.8 Å². The molecule has 27 heavy (non-hydrogen) atoms. The van der Waals surface area contributed by atoms with E-state index in [1.165, 1.54) is 0 Å². The van der Waals surface area contributed by atoms with Crippen molar-refractivity contribution in [3.63, 3.8) is 0 Å². The number of amides is 1. The number of carbonyl (C=O) groups excluding carboxylic acids is 1. The molecule has 2 rings (SSSR count). The molecule has 0 radical (unpaired) electrons. The van der Waals surface area contributed by atoms with Gasteiger partial charge in [0.1, 0.15) is 17.4 Å². The van der Waals surface area contributed by atoms with Gasteiger partial charge >= 0.3 is 6.09 Å². The summed E-state index contributed by atoms with van der Waals surface area (Å²) in [6.45, 7) is 11.1. The average Bonchev–Trinajstić information content (AvgIpc) is 3.01. The monoisotopic (exact) mass is 393 g/mol. The molecule has 148 valence electrons. The Morgan fingerprint density at radius 2 is 2.19 bits per heavy atom. The molecule has 7 heteroatoms. The van der Waals surface area contributed by atoms with Crippen molar-refractivity contribution in [2.75, 3.05) is 26.2 Å². The van der Waals surface area contributed by atoms with Crippen LogP contribution < -0.4 is 10.1 Å². The average molecular weight is 394 g/mol. The molecule has 1 atom stereocenters. The molecule has 0 bridgehead atoms. The van der Waals surface area contributed by atoms with Crippen molar-refractivity contribution in [3.8, 4) is 11.8 Å². The molecule has 0 unspecified atom stereocenters. The SMILES string of the molecule is CCOc1cc(C#N)c(Cl)cc1CN1CC[C@H](CNC(=O)OC(C)(C)C)C1. The standard InChI is InChI=1S/C20H28ClN3O3/c1-5-26-18-9-15(10-22)17(21)8-16(18)13-24-7-6-14(12-24)11-23-19(25)27-20(2,3)4/h8-9,14H,5-7,11-13H2,1-4H3,(H,23,25)/t14-/m1/s1. The van der Waals surface area contributed by atoms with Crippen molar-refractivity contribution in [1.82, 2.24) is 10.2 Å². The van der Waals surface area contributed by atoms with E-state index in [2.05, 4.69) is 16.3 Å². The largest absolute Gasteiger partial charge is 0.493 e. The maximum atomic E-state index is 11.8. The van der Waals surface area contributed by atoms with Gasteiger partial charge in [0.2, 0.25) is 0 Å². The molecule has 1 heterocycles. The number of alkyl carbamates (subject to hydrolysis) is 1. The summed E-state index contributed by atoms with van der Waals surface area (Å²) in [5, 5.41) is 12.4. The number of hydrogen-bond acceptors (Lipinski definition) is 5. The van der Waals surface area contributed by atoms with Gasteiger partial charge in [-0.05, 0) is 58.7 Å². The smallest absolute Gasteiger partial charge is 0.407 e. The van der Waals surface area contributed by atoms with Gasteiger partial charge in [-0.2, -0.15) is 5.26 Å². The number of ether oxygens (including phenoxy) is 2. The number of nitrogens with one attached hydrogen (secondary N) is 1. The number of likely N-dealkylation sites (tertiary alicyclic amines) is 1. The van der Waals surface area contributed by atoms with Crippen LogP contribution in [0.5, 0.6) is 5.75 Å². The quantitative estimate of drug-likeness (QED) is 0.791. The van der Waals surface area contributed by atoms with Gasteiger partial charge in [-0.15, -0.1) is 0 Å². The van der Waals surface area contributed by atoms with Gasteiger partial charge in [-0.25, -0.2) is 4.79 Å². The first kappa shape index (κ1) is 21.3. The van der Waals surface area contributed by atoms with Crippen LogP contribution in [-0.2, 0) is 11.3 Å². The number of halogens is 1. The minimum Gasteiger partial charge on any atom is -0.493 e. The molecule has 0 aromatic heterocycles. The number of nitriles is 1. The van der Waals surface area contributed by atoms with E-state index in [-0.39, 0.29) is 6.09 Å². The fraction of sp³-hybridized carbons (Fsp3) is 0.600. The van der Waals surface area contributed by atoms with Crippen LogP contribution >= 0.6 is 11.6 Å². The summed E-state index contributed by atoms with van der Waals surface area (Å²) in [7, 11) is 0. The maximum absolute atomic E-state index is 11.8. The molecule has 1 aromatic carbocycles. The molecule has 0 aliphatic carbocycles. The molecule has 0 spiro atoms. The molecule has 1 fully saturated rings. The van der Waals surface area contributed by atoms with Crippen LogP contribution in [0.25, 0.3) is 0 Å². The molecule has 1 amide bonds. The Kier molecular flexibility index (Phi) is 7.34. The number of hydrogen-bond donors (Lipinski definition) is 1. The van der Waals surface area contributed by atoms with E-state index in [9.17, 15) is 4.79 Å². The zero-order chi connectivity index (χ0) is 20.0. The van der Waals surface area contributed by atoms with Crippen molar-refractivity contribution in [1.29, 1.82) is 5.26 Å². The zero-order valence-electron chi connectivity index (χ0n) is 16.5. The molecule has 1 aliphatic rings. The van der Waals surface area contributed by atoms with Crippen LogP contribution in [-0.4, -0.2) is 42.8 Å². The van der Waals surface area contributed by atoms with E-state index in [4.69, 9.17) is 26.3 Å². The number of carbonyl (C=O) groups is 1. The van der Waals surface area contributed by atoms with Crippen LogP contribution in [0.2, 0.25) is 5.02 Å². The van der Waals surface area contributed by atoms with E-state index >= 15 is 0 Å². The van der Waals surface area contributed by atoms with Crippen LogP contribution in [0, 0.1) is 17.2 Å². The molecule has 0 saturated carbocycles. The van der Waals surface area contributed by atoms with Crippen molar-refractivity contribution in [3.05, 3.63) is 28.3 Å². The third-order valence-corrected chi connectivity index (χ3v) is 4.58. The Morgan fingerprint density at radius 1 is 1.44 bits per heavy atom. The minimum absolute atomic E-state index is 0.376. The van der Waals surface area contributed by atoms with Crippen molar-refractivity contribution in [2.24, 2.45) is 5.92 Å². The Bertz CT molecular complexity index is 710. The highest BCUT2D eigenvalue weighted by molar-refractivity contribution is 6.31. The lowest BCUT2D eigenvalue weighted by molar-refractivity contribution is 0.0519. The topological polar surface area (TPSA) is 74.6 Å². The number of benzene rings is 1. The maximum Gasteiger partial charge on any atom is 0.407 e. The normalized spacial score (nSPS) is 17.4. The first-order valence-electron chi connectivity index (χ1n) is 9.26. The Balaban J connectivity index is 1.92. The second-order valence-electron chi connectivity index (χ2n) is 7.76. The van der Waals surface area contributed by atoms with E-state index < -0.39 is 5.60 Å². The predicted molar refractivity (Wildman–Crippen MR) is 105 cm³/mol. The predicted octanol–water partition coefficient (Wildman–Crippen LogP) is 3.96. The lowest BCUT2D eigenvalue weighted by Crippen LogP contribution is -2.36. The summed E-state index contributed by atoms with van der Waals surface area (Å²) >= 11 is 6.20. The highest BCUT2D eigenvalue weighted by Crippen LogP contribution is 2.29. The van der Waals surface area contributed by atoms with Crippen molar-refractivity contribution >= 4 is 17.7 Å². The first-order chi connectivity index (χ1) is 12.7. The summed E-state index contributed by atoms with van der Waals surface area (Å²) in [6.07, 6.45) is 0.627. The number of nitrogens with zero attached hydrogens (tertiary/aromatic N) is 2. The van der Waals surface area contributed by atoms with Gasteiger partial charge in [0, 0.05) is 25.2 Å². The van der Waals surface area contributed by atoms with Crippen molar-refractivity contribution < 1.29 is 14.3 Å². The summed E-state index contributed by atoms with van der Waals surface area (Å²) in [6, 6.07) is 5.61. The van der Waals surface area contributed by atoms with E-state index in [0.717, 1.165) is 25.1 Å². The van der Waals surface area contributed by atoms with Crippen molar-refractivity contribution in [2.45, 2.75) is 46.3 Å². The van der Waals surface area contributed by atoms with Gasteiger partial charge in [0.25, 0.3) is 0 Å². The molecule has 1 aliphatic heterocycles. The van der Waals surface area contributed by atoms with Gasteiger partial charge in [0.05, 0.1) is 17.2 Å². The molecule has 6 nitrogen and oxygen atoms in total. The van der Waals surface area contributed by atoms with Crippen LogP contribution in [0.15, 0.2) is 12.1 Å². The van der Waals surface area contributed by atoms with Gasteiger partial charge in [-0.1, -0.05) is 11.6 Å². The van der Waals surface area contributed by atoms with Gasteiger partial charge in [-0.3, -0.25) is 4.90 Å². The minimum atomic E-state index is -0.490. The number of rotatable bonds is 6. The van der Waals surface area contributed by atoms with Crippen LogP contribution in [0.3, 0.4) is 0 Å². The zero-order valence-corrected chi connectivity index (χ0v) is 17.2. The van der Waals surface area contributed by atoms with E-state index in [1.54, 1.807) is 6.07 Å². The van der Waals surface area contributed by atoms with Crippen LogP contribution in [0.1, 0.15) is 45.2 Å². The Labute approximate surface area is 166 Å². The van der Waals surface area contributed by atoms with Crippen LogP contribution in [0.4, 0.5) is 4.79 Å². The molecular formula is C20H28ClN3O3. The van der Waals surface area contributed by atoms with E-state index in [1.807, 2.05) is 33.8 Å². The lowest BCUT2D eigenvalue weighted by Gasteiger charge is -2.21. The highest BCUT2D eigenvalue weighted by atomic mass is 35.5. The highest BCUT2D eigenvalue weighted by Gasteiger charge is 2.25. The second-order valence-corrected chi connectivity index (χ2v) is 8.16. The summed E-state index contributed by atoms with van der Waals surface area (Å²) in [5.41, 5.74) is 0.905. The fourth-order valence-corrected chi connectivity index (χ4v) is 3.33. The molecule has 1 aromatic rings. The third-order valence-electron chi connectivity index (χ3n) is 4.27. The first-order valence-corrected chi connectivity index (χ1v) is 9.64. The molecular weight excluding hydrogens is 366 g/mol. The molecule has 1 saturated heterocycles. The lowest BCUT2D eigenvalue weighted by atomic mass is 10.1. The second kappa shape index (κ2) is 9.29. The summed E-state index contributed by atoms with van der Waals surface area (Å²) in [5.74, 6) is 1.08. The Morgan fingerprint density at radius 3 is 2.81 bits per heavy atom. The molecule has 1 N–H and O–H groups in total. The summed E-state index contributed by atoms with van der Waals surface area (Å²) in [4.78, 5) is 14.1. The summed E-state index contributed by atoms with van der Waals surface area (Å²) < 4.78 is 11.0. The van der Waals surface area contributed by atoms with E-state index in [0.29, 0.717) is 41.9 Å². The van der Waals surface area contributed by atoms with Gasteiger partial charge in [0.15, 0.2) is 0 Å².